The molecule has 1 saturated heterocycles. The van der Waals surface area contributed by atoms with Crippen molar-refractivity contribution < 1.29 is 9.47 Å². The predicted octanol–water partition coefficient (Wildman–Crippen LogP) is 2.97. The summed E-state index contributed by atoms with van der Waals surface area (Å²) >= 11 is 0. The van der Waals surface area contributed by atoms with E-state index in [1.54, 1.807) is 0 Å². The lowest BCUT2D eigenvalue weighted by Gasteiger charge is -2.27. The summed E-state index contributed by atoms with van der Waals surface area (Å²) in [6, 6.07) is 6.39. The number of ether oxygens (including phenoxy) is 2. The van der Waals surface area contributed by atoms with E-state index >= 15 is 0 Å². The highest BCUT2D eigenvalue weighted by molar-refractivity contribution is 5.44. The van der Waals surface area contributed by atoms with E-state index in [9.17, 15) is 0 Å². The van der Waals surface area contributed by atoms with Gasteiger partial charge in [0.15, 0.2) is 0 Å². The summed E-state index contributed by atoms with van der Waals surface area (Å²) in [6.07, 6.45) is 7.04. The van der Waals surface area contributed by atoms with Gasteiger partial charge in [-0.2, -0.15) is 0 Å². The van der Waals surface area contributed by atoms with Crippen molar-refractivity contribution in [1.82, 2.24) is 0 Å². The molecule has 2 atom stereocenters. The fourth-order valence-corrected chi connectivity index (χ4v) is 3.11. The van der Waals surface area contributed by atoms with Gasteiger partial charge in [0.2, 0.25) is 0 Å². The molecule has 1 fully saturated rings. The second kappa shape index (κ2) is 5.93. The monoisotopic (exact) mass is 261 g/mol. The molecule has 1 aromatic carbocycles. The van der Waals surface area contributed by atoms with Crippen LogP contribution < -0.4 is 10.5 Å². The minimum absolute atomic E-state index is 0.0242. The number of nitrogens with two attached hydrogens (primary N) is 1. The van der Waals surface area contributed by atoms with E-state index in [4.69, 9.17) is 15.2 Å². The lowest BCUT2D eigenvalue weighted by Crippen LogP contribution is -2.25. The Balaban J connectivity index is 1.73. The van der Waals surface area contributed by atoms with Gasteiger partial charge in [-0.25, -0.2) is 0 Å². The minimum atomic E-state index is 0.0242. The number of hydrogen-bond acceptors (Lipinski definition) is 3. The Morgan fingerprint density at radius 2 is 2.16 bits per heavy atom. The normalized spacial score (nSPS) is 24.4. The van der Waals surface area contributed by atoms with Gasteiger partial charge in [0.05, 0.1) is 12.7 Å². The Kier molecular flexibility index (Phi) is 4.04. The molecule has 19 heavy (non-hydrogen) atoms. The van der Waals surface area contributed by atoms with E-state index in [-0.39, 0.29) is 6.04 Å². The molecule has 3 nitrogen and oxygen atoms in total. The van der Waals surface area contributed by atoms with Crippen LogP contribution in [0, 0.1) is 0 Å². The zero-order valence-corrected chi connectivity index (χ0v) is 11.4. The molecule has 0 radical (unpaired) electrons. The minimum Gasteiger partial charge on any atom is -0.493 e. The zero-order valence-electron chi connectivity index (χ0n) is 11.4. The van der Waals surface area contributed by atoms with Crippen LogP contribution in [-0.2, 0) is 11.2 Å². The molecule has 0 spiro atoms. The van der Waals surface area contributed by atoms with Crippen molar-refractivity contribution in [2.24, 2.45) is 5.73 Å². The van der Waals surface area contributed by atoms with Crippen molar-refractivity contribution in [3.8, 4) is 5.75 Å². The molecule has 2 aliphatic heterocycles. The highest BCUT2D eigenvalue weighted by Gasteiger charge is 2.22. The molecule has 2 aliphatic rings. The summed E-state index contributed by atoms with van der Waals surface area (Å²) in [7, 11) is 0. The topological polar surface area (TPSA) is 44.5 Å². The number of benzene rings is 1. The van der Waals surface area contributed by atoms with Crippen LogP contribution in [0.3, 0.4) is 0 Å². The first kappa shape index (κ1) is 12.9. The molecular formula is C16H23NO2. The molecule has 3 rings (SSSR count). The molecule has 104 valence electrons. The Labute approximate surface area is 115 Å². The molecule has 3 heteroatoms. The van der Waals surface area contributed by atoms with Gasteiger partial charge in [-0.1, -0.05) is 18.2 Å². The molecule has 0 saturated carbocycles. The summed E-state index contributed by atoms with van der Waals surface area (Å²) in [4.78, 5) is 0. The van der Waals surface area contributed by atoms with Crippen molar-refractivity contribution >= 4 is 0 Å². The largest absolute Gasteiger partial charge is 0.493 e. The fourth-order valence-electron chi connectivity index (χ4n) is 3.11. The standard InChI is InChI=1S/C16H23NO2/c17-15(11-13-7-1-2-9-18-13)14-8-3-5-12-6-4-10-19-16(12)14/h3,5,8,13,15H,1-2,4,6-7,9-11,17H2. The Bertz CT molecular complexity index is 427. The van der Waals surface area contributed by atoms with Gasteiger partial charge in [-0.05, 0) is 44.1 Å². The first-order valence-corrected chi connectivity index (χ1v) is 7.46. The van der Waals surface area contributed by atoms with Crippen molar-refractivity contribution in [3.05, 3.63) is 29.3 Å². The fraction of sp³-hybridized carbons (Fsp3) is 0.625. The summed E-state index contributed by atoms with van der Waals surface area (Å²) in [5.41, 5.74) is 8.86. The summed E-state index contributed by atoms with van der Waals surface area (Å²) in [6.45, 7) is 1.71. The molecular weight excluding hydrogens is 238 g/mol. The number of fused-ring (bicyclic) bond motifs is 1. The maximum atomic E-state index is 6.39. The molecule has 0 bridgehead atoms. The molecule has 2 heterocycles. The maximum absolute atomic E-state index is 6.39. The van der Waals surface area contributed by atoms with Gasteiger partial charge >= 0.3 is 0 Å². The van der Waals surface area contributed by atoms with E-state index in [0.717, 1.165) is 50.2 Å². The van der Waals surface area contributed by atoms with E-state index in [0.29, 0.717) is 6.10 Å². The van der Waals surface area contributed by atoms with Gasteiger partial charge in [-0.15, -0.1) is 0 Å². The van der Waals surface area contributed by atoms with Gasteiger partial charge in [0, 0.05) is 18.2 Å². The van der Waals surface area contributed by atoms with Gasteiger partial charge in [0.1, 0.15) is 5.75 Å². The smallest absolute Gasteiger partial charge is 0.127 e. The molecule has 0 amide bonds. The Hall–Kier alpha value is -1.06. The van der Waals surface area contributed by atoms with E-state index in [1.165, 1.54) is 18.4 Å². The van der Waals surface area contributed by atoms with Crippen LogP contribution >= 0.6 is 0 Å². The molecule has 0 aromatic heterocycles. The SMILES string of the molecule is NC(CC1CCCCO1)c1cccc2c1OCCC2. The van der Waals surface area contributed by atoms with Crippen LogP contribution in [0.15, 0.2) is 18.2 Å². The number of rotatable bonds is 3. The van der Waals surface area contributed by atoms with Gasteiger partial charge in [0.25, 0.3) is 0 Å². The molecule has 2 unspecified atom stereocenters. The van der Waals surface area contributed by atoms with Crippen molar-refractivity contribution in [1.29, 1.82) is 0 Å². The number of aryl methyl sites for hydroxylation is 1. The zero-order chi connectivity index (χ0) is 13.1. The number of para-hydroxylation sites is 1. The van der Waals surface area contributed by atoms with Crippen LogP contribution in [0.1, 0.15) is 49.3 Å². The maximum Gasteiger partial charge on any atom is 0.127 e. The average Bonchev–Trinajstić information content (AvgIpc) is 2.47. The van der Waals surface area contributed by atoms with Crippen LogP contribution in [0.4, 0.5) is 0 Å². The summed E-state index contributed by atoms with van der Waals surface area (Å²) in [5.74, 6) is 1.04. The number of hydrogen-bond donors (Lipinski definition) is 1. The Morgan fingerprint density at radius 1 is 1.21 bits per heavy atom. The highest BCUT2D eigenvalue weighted by atomic mass is 16.5. The second-order valence-corrected chi connectivity index (χ2v) is 5.62. The van der Waals surface area contributed by atoms with Crippen molar-refractivity contribution in [3.63, 3.8) is 0 Å². The first-order chi connectivity index (χ1) is 9.34. The third kappa shape index (κ3) is 2.93. The van der Waals surface area contributed by atoms with E-state index < -0.39 is 0 Å². The average molecular weight is 261 g/mol. The first-order valence-electron chi connectivity index (χ1n) is 7.46. The quantitative estimate of drug-likeness (QED) is 0.909. The van der Waals surface area contributed by atoms with Gasteiger partial charge < -0.3 is 15.2 Å². The lowest BCUT2D eigenvalue weighted by molar-refractivity contribution is 0.00715. The van der Waals surface area contributed by atoms with Crippen LogP contribution in [0.5, 0.6) is 5.75 Å². The van der Waals surface area contributed by atoms with Gasteiger partial charge in [-0.3, -0.25) is 0 Å². The second-order valence-electron chi connectivity index (χ2n) is 5.62. The van der Waals surface area contributed by atoms with Crippen molar-refractivity contribution in [2.45, 2.75) is 50.7 Å². The van der Waals surface area contributed by atoms with Crippen LogP contribution in [0.25, 0.3) is 0 Å². The third-order valence-corrected chi connectivity index (χ3v) is 4.15. The third-order valence-electron chi connectivity index (χ3n) is 4.15. The van der Waals surface area contributed by atoms with E-state index in [2.05, 4.69) is 18.2 Å². The molecule has 1 aromatic rings. The summed E-state index contributed by atoms with van der Waals surface area (Å²) < 4.78 is 11.6. The molecule has 0 aliphatic carbocycles. The predicted molar refractivity (Wildman–Crippen MR) is 75.4 cm³/mol. The highest BCUT2D eigenvalue weighted by Crippen LogP contribution is 2.34. The molecule has 2 N–H and O–H groups in total. The summed E-state index contributed by atoms with van der Waals surface area (Å²) in [5, 5.41) is 0. The van der Waals surface area contributed by atoms with Crippen LogP contribution in [-0.4, -0.2) is 19.3 Å². The van der Waals surface area contributed by atoms with E-state index in [1.807, 2.05) is 0 Å². The van der Waals surface area contributed by atoms with Crippen molar-refractivity contribution in [2.75, 3.05) is 13.2 Å². The Morgan fingerprint density at radius 3 is 3.00 bits per heavy atom. The lowest BCUT2D eigenvalue weighted by atomic mass is 9.93. The van der Waals surface area contributed by atoms with Crippen LogP contribution in [0.2, 0.25) is 0 Å².